The number of pyridine rings is 1. The van der Waals surface area contributed by atoms with Crippen molar-refractivity contribution in [2.45, 2.75) is 44.6 Å². The summed E-state index contributed by atoms with van der Waals surface area (Å²) in [6.45, 7) is 6.54. The minimum Gasteiger partial charge on any atom is -0.488 e. The predicted octanol–water partition coefficient (Wildman–Crippen LogP) is 5.00. The quantitative estimate of drug-likeness (QED) is 0.715. The van der Waals surface area contributed by atoms with Crippen molar-refractivity contribution in [2.24, 2.45) is 0 Å². The second-order valence-corrected chi connectivity index (χ2v) is 7.56. The van der Waals surface area contributed by atoms with Crippen LogP contribution in [0, 0.1) is 0 Å². The van der Waals surface area contributed by atoms with Crippen molar-refractivity contribution in [3.8, 4) is 5.75 Å². The zero-order valence-electron chi connectivity index (χ0n) is 14.2. The van der Waals surface area contributed by atoms with E-state index in [-0.39, 0.29) is 0 Å². The summed E-state index contributed by atoms with van der Waals surface area (Å²) < 4.78 is 6.03. The molecule has 0 spiro atoms. The summed E-state index contributed by atoms with van der Waals surface area (Å²) >= 11 is 6.06. The number of anilines is 1. The molecule has 0 unspecified atom stereocenters. The molecule has 1 saturated carbocycles. The lowest BCUT2D eigenvalue weighted by atomic mass is 9.84. The topological polar surface area (TPSA) is 25.4 Å². The van der Waals surface area contributed by atoms with Crippen LogP contribution in [0.5, 0.6) is 5.75 Å². The fraction of sp³-hybridized carbons (Fsp3) is 0.450. The van der Waals surface area contributed by atoms with Crippen molar-refractivity contribution < 1.29 is 4.74 Å². The second-order valence-electron chi connectivity index (χ2n) is 7.18. The minimum absolute atomic E-state index is 0.362. The Morgan fingerprint density at radius 2 is 1.96 bits per heavy atom. The summed E-state index contributed by atoms with van der Waals surface area (Å²) in [5.41, 5.74) is 4.02. The molecule has 2 aliphatic rings. The first-order chi connectivity index (χ1) is 11.6. The Hall–Kier alpha value is -1.74. The van der Waals surface area contributed by atoms with Crippen LogP contribution >= 0.6 is 11.6 Å². The molecule has 1 aromatic carbocycles. The lowest BCUT2D eigenvalue weighted by molar-refractivity contribution is 0.301. The standard InChI is InChI=1S/C20H23ClN2O/c1-13(2)16-5-3-4-6-17(16)14-11-23(12-14)18-10-22-20(21)9-19(18)24-15-7-8-15/h3-6,9-10,13-15H,7-8,11-12H2,1-2H3. The average molecular weight is 343 g/mol. The molecule has 2 aromatic rings. The number of benzene rings is 1. The molecule has 0 amide bonds. The number of hydrogen-bond acceptors (Lipinski definition) is 3. The monoisotopic (exact) mass is 342 g/mol. The van der Waals surface area contributed by atoms with Gasteiger partial charge in [0.25, 0.3) is 0 Å². The van der Waals surface area contributed by atoms with Gasteiger partial charge in [-0.15, -0.1) is 0 Å². The van der Waals surface area contributed by atoms with Gasteiger partial charge in [-0.25, -0.2) is 4.98 Å². The van der Waals surface area contributed by atoms with Crippen molar-refractivity contribution in [3.63, 3.8) is 0 Å². The summed E-state index contributed by atoms with van der Waals surface area (Å²) in [6.07, 6.45) is 4.50. The summed E-state index contributed by atoms with van der Waals surface area (Å²) in [7, 11) is 0. The molecule has 0 atom stereocenters. The Kier molecular flexibility index (Phi) is 4.13. The molecule has 4 heteroatoms. The molecule has 0 bridgehead atoms. The van der Waals surface area contributed by atoms with Gasteiger partial charge in [0, 0.05) is 25.1 Å². The van der Waals surface area contributed by atoms with Gasteiger partial charge >= 0.3 is 0 Å². The highest BCUT2D eigenvalue weighted by atomic mass is 35.5. The largest absolute Gasteiger partial charge is 0.488 e. The number of halogens is 1. The van der Waals surface area contributed by atoms with E-state index in [4.69, 9.17) is 16.3 Å². The summed E-state index contributed by atoms with van der Waals surface area (Å²) in [5, 5.41) is 0.497. The third-order valence-corrected chi connectivity index (χ3v) is 5.12. The smallest absolute Gasteiger partial charge is 0.147 e. The van der Waals surface area contributed by atoms with Crippen molar-refractivity contribution in [1.29, 1.82) is 0 Å². The molecule has 24 heavy (non-hydrogen) atoms. The van der Waals surface area contributed by atoms with E-state index in [2.05, 4.69) is 48.0 Å². The number of hydrogen-bond donors (Lipinski definition) is 0. The van der Waals surface area contributed by atoms with Crippen molar-refractivity contribution >= 4 is 17.3 Å². The highest BCUT2D eigenvalue weighted by molar-refractivity contribution is 6.29. The molecule has 2 fully saturated rings. The van der Waals surface area contributed by atoms with Crippen molar-refractivity contribution in [3.05, 3.63) is 52.8 Å². The van der Waals surface area contributed by atoms with Crippen molar-refractivity contribution in [1.82, 2.24) is 4.98 Å². The molecular weight excluding hydrogens is 320 g/mol. The van der Waals surface area contributed by atoms with Gasteiger partial charge in [-0.2, -0.15) is 0 Å². The fourth-order valence-corrected chi connectivity index (χ4v) is 3.53. The molecule has 4 rings (SSSR count). The summed E-state index contributed by atoms with van der Waals surface area (Å²) in [4.78, 5) is 6.61. The van der Waals surface area contributed by atoms with E-state index in [0.717, 1.165) is 37.4 Å². The second kappa shape index (κ2) is 6.29. The lowest BCUT2D eigenvalue weighted by Gasteiger charge is -2.42. The van der Waals surface area contributed by atoms with Crippen LogP contribution < -0.4 is 9.64 Å². The van der Waals surface area contributed by atoms with E-state index in [1.165, 1.54) is 11.1 Å². The normalized spacial score (nSPS) is 17.9. The first kappa shape index (κ1) is 15.8. The van der Waals surface area contributed by atoms with Crippen LogP contribution in [-0.2, 0) is 0 Å². The first-order valence-electron chi connectivity index (χ1n) is 8.78. The Balaban J connectivity index is 1.52. The highest BCUT2D eigenvalue weighted by Crippen LogP contribution is 2.41. The van der Waals surface area contributed by atoms with E-state index in [1.54, 1.807) is 0 Å². The Morgan fingerprint density at radius 3 is 2.67 bits per heavy atom. The highest BCUT2D eigenvalue weighted by Gasteiger charge is 2.33. The number of nitrogens with zero attached hydrogens (tertiary/aromatic N) is 2. The molecule has 1 aliphatic heterocycles. The lowest BCUT2D eigenvalue weighted by Crippen LogP contribution is -2.45. The SMILES string of the molecule is CC(C)c1ccccc1C1CN(c2cnc(Cl)cc2OC2CC2)C1. The summed E-state index contributed by atoms with van der Waals surface area (Å²) in [5.74, 6) is 2.02. The van der Waals surface area contributed by atoms with Crippen LogP contribution in [0.4, 0.5) is 5.69 Å². The number of aromatic nitrogens is 1. The maximum absolute atomic E-state index is 6.06. The molecule has 1 saturated heterocycles. The van der Waals surface area contributed by atoms with Gasteiger partial charge in [0.2, 0.25) is 0 Å². The van der Waals surface area contributed by atoms with Crippen LogP contribution in [-0.4, -0.2) is 24.2 Å². The Morgan fingerprint density at radius 1 is 1.21 bits per heavy atom. The Labute approximate surface area is 148 Å². The zero-order valence-corrected chi connectivity index (χ0v) is 15.0. The third-order valence-electron chi connectivity index (χ3n) is 4.91. The molecule has 126 valence electrons. The van der Waals surface area contributed by atoms with Gasteiger partial charge in [-0.3, -0.25) is 0 Å². The molecule has 2 heterocycles. The van der Waals surface area contributed by atoms with Gasteiger partial charge in [0.1, 0.15) is 10.9 Å². The van der Waals surface area contributed by atoms with Gasteiger partial charge in [0.05, 0.1) is 18.0 Å². The minimum atomic E-state index is 0.362. The maximum atomic E-state index is 6.06. The molecule has 1 aliphatic carbocycles. The molecule has 1 aromatic heterocycles. The predicted molar refractivity (Wildman–Crippen MR) is 98.4 cm³/mol. The fourth-order valence-electron chi connectivity index (χ4n) is 3.38. The van der Waals surface area contributed by atoms with Gasteiger partial charge in [-0.05, 0) is 29.9 Å². The third kappa shape index (κ3) is 3.10. The van der Waals surface area contributed by atoms with Gasteiger partial charge in [0.15, 0.2) is 0 Å². The van der Waals surface area contributed by atoms with E-state index in [0.29, 0.717) is 23.1 Å². The van der Waals surface area contributed by atoms with Crippen molar-refractivity contribution in [2.75, 3.05) is 18.0 Å². The zero-order chi connectivity index (χ0) is 16.7. The van der Waals surface area contributed by atoms with Gasteiger partial charge in [-0.1, -0.05) is 49.7 Å². The van der Waals surface area contributed by atoms with E-state index >= 15 is 0 Å². The van der Waals surface area contributed by atoms with Crippen LogP contribution in [0.25, 0.3) is 0 Å². The molecule has 3 nitrogen and oxygen atoms in total. The number of rotatable bonds is 5. The van der Waals surface area contributed by atoms with E-state index in [1.807, 2.05) is 12.3 Å². The summed E-state index contributed by atoms with van der Waals surface area (Å²) in [6, 6.07) is 10.7. The maximum Gasteiger partial charge on any atom is 0.147 e. The van der Waals surface area contributed by atoms with E-state index < -0.39 is 0 Å². The van der Waals surface area contributed by atoms with Gasteiger partial charge < -0.3 is 9.64 Å². The van der Waals surface area contributed by atoms with Crippen LogP contribution in [0.1, 0.15) is 49.7 Å². The van der Waals surface area contributed by atoms with E-state index in [9.17, 15) is 0 Å². The Bertz CT molecular complexity index is 736. The molecule has 0 N–H and O–H groups in total. The average Bonchev–Trinajstić information content (AvgIpc) is 3.32. The van der Waals surface area contributed by atoms with Crippen LogP contribution in [0.2, 0.25) is 5.15 Å². The number of ether oxygens (including phenoxy) is 1. The molecule has 0 radical (unpaired) electrons. The van der Waals surface area contributed by atoms with Crippen LogP contribution in [0.15, 0.2) is 36.5 Å². The van der Waals surface area contributed by atoms with Crippen LogP contribution in [0.3, 0.4) is 0 Å². The first-order valence-corrected chi connectivity index (χ1v) is 9.15. The molecular formula is C20H23ClN2O.